The van der Waals surface area contributed by atoms with E-state index >= 15 is 0 Å². The zero-order chi connectivity index (χ0) is 13.8. The largest absolute Gasteiger partial charge is 0.497 e. The lowest BCUT2D eigenvalue weighted by molar-refractivity contribution is 0.396. The number of ether oxygens (including phenoxy) is 1. The molecule has 2 atom stereocenters. The molecule has 20 heavy (non-hydrogen) atoms. The smallest absolute Gasteiger partial charge is 0.119 e. The average Bonchev–Trinajstić information content (AvgIpc) is 2.56. The van der Waals surface area contributed by atoms with Crippen molar-refractivity contribution in [3.05, 3.63) is 65.7 Å². The van der Waals surface area contributed by atoms with Crippen molar-refractivity contribution in [2.75, 3.05) is 20.2 Å². The summed E-state index contributed by atoms with van der Waals surface area (Å²) in [6, 6.07) is 19.4. The summed E-state index contributed by atoms with van der Waals surface area (Å²) in [6.45, 7) is 2.14. The summed E-state index contributed by atoms with van der Waals surface area (Å²) in [6.07, 6.45) is 1.17. The third-order valence-corrected chi connectivity index (χ3v) is 4.23. The number of methoxy groups -OCH3 is 1. The molecule has 0 amide bonds. The fourth-order valence-corrected chi connectivity index (χ4v) is 3.18. The highest BCUT2D eigenvalue weighted by molar-refractivity contribution is 5.35. The molecule has 2 nitrogen and oxygen atoms in total. The molecule has 1 heterocycles. The van der Waals surface area contributed by atoms with Crippen LogP contribution < -0.4 is 10.1 Å². The van der Waals surface area contributed by atoms with Gasteiger partial charge in [-0.15, -0.1) is 0 Å². The summed E-state index contributed by atoms with van der Waals surface area (Å²) in [4.78, 5) is 0. The van der Waals surface area contributed by atoms with E-state index in [0.717, 1.165) is 18.8 Å². The minimum absolute atomic E-state index is 0.539. The van der Waals surface area contributed by atoms with Crippen molar-refractivity contribution in [3.63, 3.8) is 0 Å². The van der Waals surface area contributed by atoms with Gasteiger partial charge >= 0.3 is 0 Å². The highest BCUT2D eigenvalue weighted by Gasteiger charge is 2.27. The van der Waals surface area contributed by atoms with E-state index in [2.05, 4.69) is 53.8 Å². The molecule has 2 unspecified atom stereocenters. The van der Waals surface area contributed by atoms with Gasteiger partial charge in [0.2, 0.25) is 0 Å². The van der Waals surface area contributed by atoms with Gasteiger partial charge < -0.3 is 10.1 Å². The van der Waals surface area contributed by atoms with Gasteiger partial charge in [-0.3, -0.25) is 0 Å². The lowest BCUT2D eigenvalue weighted by atomic mass is 9.77. The van der Waals surface area contributed by atoms with Crippen molar-refractivity contribution in [2.24, 2.45) is 0 Å². The Balaban J connectivity index is 1.92. The summed E-state index contributed by atoms with van der Waals surface area (Å²) >= 11 is 0. The lowest BCUT2D eigenvalue weighted by Gasteiger charge is -2.33. The molecule has 0 bridgehead atoms. The second-order valence-corrected chi connectivity index (χ2v) is 5.39. The third kappa shape index (κ3) is 2.70. The van der Waals surface area contributed by atoms with Gasteiger partial charge in [0.1, 0.15) is 5.75 Å². The van der Waals surface area contributed by atoms with Gasteiger partial charge in [0.25, 0.3) is 0 Å². The van der Waals surface area contributed by atoms with Crippen LogP contribution in [0.1, 0.15) is 29.4 Å². The topological polar surface area (TPSA) is 21.3 Å². The van der Waals surface area contributed by atoms with E-state index in [1.165, 1.54) is 17.5 Å². The Kier molecular flexibility index (Phi) is 4.03. The van der Waals surface area contributed by atoms with Crippen LogP contribution in [0.3, 0.4) is 0 Å². The van der Waals surface area contributed by atoms with Crippen LogP contribution >= 0.6 is 0 Å². The van der Waals surface area contributed by atoms with Gasteiger partial charge in [-0.2, -0.15) is 0 Å². The molecule has 2 heteroatoms. The van der Waals surface area contributed by atoms with Crippen molar-refractivity contribution in [1.82, 2.24) is 5.32 Å². The van der Waals surface area contributed by atoms with Gasteiger partial charge in [0.15, 0.2) is 0 Å². The predicted octanol–water partition coefficient (Wildman–Crippen LogP) is 3.56. The van der Waals surface area contributed by atoms with Crippen molar-refractivity contribution in [3.8, 4) is 5.75 Å². The van der Waals surface area contributed by atoms with E-state index in [0.29, 0.717) is 11.8 Å². The molecule has 3 rings (SSSR count). The van der Waals surface area contributed by atoms with E-state index < -0.39 is 0 Å². The fourth-order valence-electron chi connectivity index (χ4n) is 3.18. The molecule has 1 aliphatic heterocycles. The Morgan fingerprint density at radius 3 is 2.55 bits per heavy atom. The molecule has 0 saturated carbocycles. The van der Waals surface area contributed by atoms with Gasteiger partial charge in [-0.25, -0.2) is 0 Å². The van der Waals surface area contributed by atoms with Gasteiger partial charge in [0, 0.05) is 12.5 Å². The summed E-state index contributed by atoms with van der Waals surface area (Å²) in [5.41, 5.74) is 2.81. The van der Waals surface area contributed by atoms with Crippen LogP contribution in [0.25, 0.3) is 0 Å². The van der Waals surface area contributed by atoms with Crippen LogP contribution in [-0.4, -0.2) is 20.2 Å². The molecule has 0 aliphatic carbocycles. The van der Waals surface area contributed by atoms with Gasteiger partial charge in [-0.1, -0.05) is 42.5 Å². The second kappa shape index (κ2) is 6.10. The summed E-state index contributed by atoms with van der Waals surface area (Å²) < 4.78 is 5.37. The molecule has 0 aromatic heterocycles. The molecule has 0 radical (unpaired) electrons. The zero-order valence-electron chi connectivity index (χ0n) is 11.9. The first-order valence-corrected chi connectivity index (χ1v) is 7.28. The Bertz CT molecular complexity index is 552. The zero-order valence-corrected chi connectivity index (χ0v) is 11.9. The van der Waals surface area contributed by atoms with E-state index in [4.69, 9.17) is 4.74 Å². The Labute approximate surface area is 120 Å². The van der Waals surface area contributed by atoms with Crippen molar-refractivity contribution < 1.29 is 4.74 Å². The van der Waals surface area contributed by atoms with Crippen molar-refractivity contribution in [1.29, 1.82) is 0 Å². The molecule has 104 valence electrons. The number of benzene rings is 2. The maximum Gasteiger partial charge on any atom is 0.119 e. The van der Waals surface area contributed by atoms with Crippen LogP contribution in [0.5, 0.6) is 5.75 Å². The normalized spacial score (nSPS) is 22.4. The molecule has 1 aliphatic rings. The fraction of sp³-hybridized carbons (Fsp3) is 0.333. The monoisotopic (exact) mass is 267 g/mol. The first-order valence-electron chi connectivity index (χ1n) is 7.28. The third-order valence-electron chi connectivity index (χ3n) is 4.23. The second-order valence-electron chi connectivity index (χ2n) is 5.39. The molecule has 0 spiro atoms. The minimum atomic E-state index is 0.539. The molecule has 2 aromatic rings. The molecule has 1 saturated heterocycles. The van der Waals surface area contributed by atoms with Crippen LogP contribution in [0.4, 0.5) is 0 Å². The summed E-state index contributed by atoms with van der Waals surface area (Å²) in [5.74, 6) is 2.05. The summed E-state index contributed by atoms with van der Waals surface area (Å²) in [5, 5.41) is 3.53. The van der Waals surface area contributed by atoms with E-state index in [-0.39, 0.29) is 0 Å². The standard InChI is InChI=1S/C18H21NO/c1-20-16-9-5-8-15(12-16)17-10-11-19-13-18(17)14-6-3-2-4-7-14/h2-9,12,17-19H,10-11,13H2,1H3. The van der Waals surface area contributed by atoms with E-state index in [9.17, 15) is 0 Å². The van der Waals surface area contributed by atoms with Crippen molar-refractivity contribution >= 4 is 0 Å². The van der Waals surface area contributed by atoms with Crippen LogP contribution in [0.15, 0.2) is 54.6 Å². The number of nitrogens with one attached hydrogen (secondary N) is 1. The highest BCUT2D eigenvalue weighted by atomic mass is 16.5. The van der Waals surface area contributed by atoms with Crippen molar-refractivity contribution in [2.45, 2.75) is 18.3 Å². The SMILES string of the molecule is COc1cccc(C2CCNCC2c2ccccc2)c1. The molecular formula is C18H21NO. The Morgan fingerprint density at radius 2 is 1.75 bits per heavy atom. The van der Waals surface area contributed by atoms with Crippen LogP contribution in [0, 0.1) is 0 Å². The van der Waals surface area contributed by atoms with Gasteiger partial charge in [-0.05, 0) is 42.1 Å². The number of piperidine rings is 1. The lowest BCUT2D eigenvalue weighted by Crippen LogP contribution is -2.34. The number of hydrogen-bond donors (Lipinski definition) is 1. The minimum Gasteiger partial charge on any atom is -0.497 e. The van der Waals surface area contributed by atoms with E-state index in [1.54, 1.807) is 7.11 Å². The first-order chi connectivity index (χ1) is 9.88. The molecule has 1 N–H and O–H groups in total. The first kappa shape index (κ1) is 13.2. The molecular weight excluding hydrogens is 246 g/mol. The average molecular weight is 267 g/mol. The Hall–Kier alpha value is -1.80. The van der Waals surface area contributed by atoms with Gasteiger partial charge in [0.05, 0.1) is 7.11 Å². The highest BCUT2D eigenvalue weighted by Crippen LogP contribution is 2.38. The maximum atomic E-state index is 5.37. The van der Waals surface area contributed by atoms with E-state index in [1.807, 2.05) is 6.07 Å². The number of rotatable bonds is 3. The number of hydrogen-bond acceptors (Lipinski definition) is 2. The predicted molar refractivity (Wildman–Crippen MR) is 82.4 cm³/mol. The van der Waals surface area contributed by atoms with Crippen LogP contribution in [0.2, 0.25) is 0 Å². The maximum absolute atomic E-state index is 5.37. The van der Waals surface area contributed by atoms with Crippen LogP contribution in [-0.2, 0) is 0 Å². The quantitative estimate of drug-likeness (QED) is 0.918. The molecule has 1 fully saturated rings. The Morgan fingerprint density at radius 1 is 0.950 bits per heavy atom. The summed E-state index contributed by atoms with van der Waals surface area (Å²) in [7, 11) is 1.73. The molecule has 2 aromatic carbocycles.